The van der Waals surface area contributed by atoms with Crippen molar-refractivity contribution in [3.63, 3.8) is 0 Å². The van der Waals surface area contributed by atoms with Crippen LogP contribution in [0.25, 0.3) is 0 Å². The Kier molecular flexibility index (Phi) is 10.9. The molecule has 0 aliphatic rings. The summed E-state index contributed by atoms with van der Waals surface area (Å²) >= 11 is 1.74. The lowest BCUT2D eigenvalue weighted by molar-refractivity contribution is 0.338. The van der Waals surface area contributed by atoms with E-state index in [9.17, 15) is 8.42 Å². The van der Waals surface area contributed by atoms with Crippen LogP contribution in [0.2, 0.25) is 0 Å². The van der Waals surface area contributed by atoms with E-state index in [0.717, 1.165) is 38.1 Å². The molecule has 1 N–H and O–H groups in total. The Balaban J connectivity index is 4.24. The lowest BCUT2D eigenvalue weighted by Crippen LogP contribution is -2.44. The van der Waals surface area contributed by atoms with Crippen LogP contribution in [-0.4, -0.2) is 68.8 Å². The summed E-state index contributed by atoms with van der Waals surface area (Å²) in [7, 11) is 0.000688. The molecule has 122 valence electrons. The first kappa shape index (κ1) is 20.2. The summed E-state index contributed by atoms with van der Waals surface area (Å²) in [6.07, 6.45) is 4.85. The molecule has 20 heavy (non-hydrogen) atoms. The average Bonchev–Trinajstić information content (AvgIpc) is 2.43. The Morgan fingerprint density at radius 1 is 1.25 bits per heavy atom. The zero-order valence-electron chi connectivity index (χ0n) is 13.6. The highest BCUT2D eigenvalue weighted by molar-refractivity contribution is 7.98. The fraction of sp³-hybridized carbons (Fsp3) is 1.00. The molecule has 1 unspecified atom stereocenters. The lowest BCUT2D eigenvalue weighted by atomic mass is 10.3. The summed E-state index contributed by atoms with van der Waals surface area (Å²) in [5, 5.41) is 3.28. The molecule has 0 amide bonds. The van der Waals surface area contributed by atoms with Crippen LogP contribution in [0.1, 0.15) is 33.1 Å². The van der Waals surface area contributed by atoms with E-state index in [2.05, 4.69) is 12.2 Å². The second-order valence-electron chi connectivity index (χ2n) is 5.08. The van der Waals surface area contributed by atoms with Gasteiger partial charge in [0.2, 0.25) is 0 Å². The van der Waals surface area contributed by atoms with Crippen molar-refractivity contribution in [3.8, 4) is 0 Å². The zero-order chi connectivity index (χ0) is 15.6. The van der Waals surface area contributed by atoms with E-state index in [1.54, 1.807) is 25.9 Å². The molecular weight excluding hydrogens is 294 g/mol. The molecule has 7 heteroatoms. The topological polar surface area (TPSA) is 52.7 Å². The number of hydrogen-bond acceptors (Lipinski definition) is 4. The predicted molar refractivity (Wildman–Crippen MR) is 89.6 cm³/mol. The fourth-order valence-electron chi connectivity index (χ4n) is 1.76. The van der Waals surface area contributed by atoms with Gasteiger partial charge in [-0.1, -0.05) is 6.92 Å². The maximum Gasteiger partial charge on any atom is 0.281 e. The molecule has 0 aromatic rings. The summed E-state index contributed by atoms with van der Waals surface area (Å²) in [6.45, 7) is 6.49. The highest BCUT2D eigenvalue weighted by Gasteiger charge is 2.26. The van der Waals surface area contributed by atoms with Crippen molar-refractivity contribution in [2.24, 2.45) is 0 Å². The average molecular weight is 326 g/mol. The third-order valence-electron chi connectivity index (χ3n) is 3.37. The van der Waals surface area contributed by atoms with Gasteiger partial charge in [-0.3, -0.25) is 0 Å². The molecule has 0 bridgehead atoms. The standard InChI is InChI=1S/C13H31N3O2S2/c1-6-9-14-10-7-11-15(3)20(17,18)16(4)13(2)8-12-19-5/h13-14H,6-12H2,1-5H3. The van der Waals surface area contributed by atoms with Crippen molar-refractivity contribution < 1.29 is 8.42 Å². The molecule has 0 aliphatic heterocycles. The monoisotopic (exact) mass is 325 g/mol. The van der Waals surface area contributed by atoms with Crippen molar-refractivity contribution in [3.05, 3.63) is 0 Å². The highest BCUT2D eigenvalue weighted by atomic mass is 32.2. The van der Waals surface area contributed by atoms with Crippen molar-refractivity contribution in [1.29, 1.82) is 0 Å². The van der Waals surface area contributed by atoms with Crippen LogP contribution in [0.5, 0.6) is 0 Å². The van der Waals surface area contributed by atoms with Gasteiger partial charge in [0, 0.05) is 26.7 Å². The number of hydrogen-bond donors (Lipinski definition) is 1. The molecule has 0 aromatic carbocycles. The molecule has 0 aromatic heterocycles. The van der Waals surface area contributed by atoms with Crippen LogP contribution in [0.3, 0.4) is 0 Å². The van der Waals surface area contributed by atoms with Crippen molar-refractivity contribution in [2.45, 2.75) is 39.2 Å². The van der Waals surface area contributed by atoms with E-state index in [0.29, 0.717) is 6.54 Å². The van der Waals surface area contributed by atoms with E-state index in [-0.39, 0.29) is 6.04 Å². The molecule has 0 radical (unpaired) electrons. The summed E-state index contributed by atoms with van der Waals surface area (Å²) in [5.74, 6) is 0.978. The first-order valence-electron chi connectivity index (χ1n) is 7.26. The number of nitrogens with zero attached hydrogens (tertiary/aromatic N) is 2. The van der Waals surface area contributed by atoms with Crippen molar-refractivity contribution in [1.82, 2.24) is 13.9 Å². The minimum absolute atomic E-state index is 0.0353. The second-order valence-corrected chi connectivity index (χ2v) is 8.16. The van der Waals surface area contributed by atoms with Gasteiger partial charge in [-0.25, -0.2) is 0 Å². The lowest BCUT2D eigenvalue weighted by Gasteiger charge is -2.29. The van der Waals surface area contributed by atoms with E-state index in [1.807, 2.05) is 13.2 Å². The Morgan fingerprint density at radius 3 is 2.45 bits per heavy atom. The first-order chi connectivity index (χ1) is 9.37. The van der Waals surface area contributed by atoms with Crippen LogP contribution in [0.15, 0.2) is 0 Å². The van der Waals surface area contributed by atoms with E-state index in [4.69, 9.17) is 0 Å². The van der Waals surface area contributed by atoms with Gasteiger partial charge in [-0.05, 0) is 51.3 Å². The molecule has 0 spiro atoms. The number of rotatable bonds is 12. The van der Waals surface area contributed by atoms with Crippen molar-refractivity contribution in [2.75, 3.05) is 45.7 Å². The summed E-state index contributed by atoms with van der Waals surface area (Å²) < 4.78 is 27.7. The Hall–Kier alpha value is 0.180. The van der Waals surface area contributed by atoms with Crippen LogP contribution in [-0.2, 0) is 10.2 Å². The minimum atomic E-state index is -3.33. The molecular formula is C13H31N3O2S2. The molecule has 0 aliphatic carbocycles. The molecule has 0 heterocycles. The number of nitrogens with one attached hydrogen (secondary N) is 1. The summed E-state index contributed by atoms with van der Waals surface area (Å²) in [5.41, 5.74) is 0. The molecule has 0 saturated carbocycles. The van der Waals surface area contributed by atoms with Crippen LogP contribution < -0.4 is 5.32 Å². The van der Waals surface area contributed by atoms with Gasteiger partial charge in [0.05, 0.1) is 0 Å². The van der Waals surface area contributed by atoms with E-state index >= 15 is 0 Å². The van der Waals surface area contributed by atoms with Crippen molar-refractivity contribution >= 4 is 22.0 Å². The van der Waals surface area contributed by atoms with Gasteiger partial charge in [0.1, 0.15) is 0 Å². The SMILES string of the molecule is CCCNCCCN(C)S(=O)(=O)N(C)C(C)CCSC. The molecule has 0 fully saturated rings. The summed E-state index contributed by atoms with van der Waals surface area (Å²) in [4.78, 5) is 0. The maximum absolute atomic E-state index is 12.4. The van der Waals surface area contributed by atoms with E-state index in [1.165, 1.54) is 8.61 Å². The Morgan fingerprint density at radius 2 is 1.90 bits per heavy atom. The normalized spacial score (nSPS) is 14.2. The largest absolute Gasteiger partial charge is 0.317 e. The second kappa shape index (κ2) is 10.8. The third kappa shape index (κ3) is 7.26. The van der Waals surface area contributed by atoms with E-state index < -0.39 is 10.2 Å². The van der Waals surface area contributed by atoms with Crippen LogP contribution >= 0.6 is 11.8 Å². The van der Waals surface area contributed by atoms with Gasteiger partial charge in [-0.15, -0.1) is 0 Å². The van der Waals surface area contributed by atoms with Gasteiger partial charge in [0.15, 0.2) is 0 Å². The fourth-order valence-corrected chi connectivity index (χ4v) is 3.70. The highest BCUT2D eigenvalue weighted by Crippen LogP contribution is 2.13. The van der Waals surface area contributed by atoms with Gasteiger partial charge < -0.3 is 5.32 Å². The third-order valence-corrected chi connectivity index (χ3v) is 6.07. The van der Waals surface area contributed by atoms with Gasteiger partial charge in [-0.2, -0.15) is 28.8 Å². The Bertz CT molecular complexity index is 337. The number of thioether (sulfide) groups is 1. The quantitative estimate of drug-likeness (QED) is 0.554. The zero-order valence-corrected chi connectivity index (χ0v) is 15.2. The van der Waals surface area contributed by atoms with Crippen LogP contribution in [0, 0.1) is 0 Å². The smallest absolute Gasteiger partial charge is 0.281 e. The molecule has 5 nitrogen and oxygen atoms in total. The molecule has 1 atom stereocenters. The Labute approximate surface area is 129 Å². The van der Waals surface area contributed by atoms with Crippen LogP contribution in [0.4, 0.5) is 0 Å². The van der Waals surface area contributed by atoms with Gasteiger partial charge in [0.25, 0.3) is 10.2 Å². The predicted octanol–water partition coefficient (Wildman–Crippen LogP) is 1.63. The first-order valence-corrected chi connectivity index (χ1v) is 10.1. The summed E-state index contributed by atoms with van der Waals surface area (Å²) in [6, 6.07) is 0.0353. The van der Waals surface area contributed by atoms with Gasteiger partial charge >= 0.3 is 0 Å². The maximum atomic E-state index is 12.4. The molecule has 0 rings (SSSR count). The molecule has 0 saturated heterocycles. The minimum Gasteiger partial charge on any atom is -0.317 e.